The van der Waals surface area contributed by atoms with Crippen molar-refractivity contribution in [2.75, 3.05) is 6.54 Å². The summed E-state index contributed by atoms with van der Waals surface area (Å²) in [5.41, 5.74) is 1.75. The van der Waals surface area contributed by atoms with E-state index in [1.165, 1.54) is 6.92 Å². The quantitative estimate of drug-likeness (QED) is 0.854. The molecule has 0 saturated carbocycles. The highest BCUT2D eigenvalue weighted by atomic mass is 16.1. The van der Waals surface area contributed by atoms with Gasteiger partial charge in [0.1, 0.15) is 0 Å². The van der Waals surface area contributed by atoms with E-state index < -0.39 is 0 Å². The number of nitrogens with one attached hydrogen (secondary N) is 1. The second kappa shape index (κ2) is 5.65. The van der Waals surface area contributed by atoms with Crippen molar-refractivity contribution in [3.8, 4) is 0 Å². The van der Waals surface area contributed by atoms with Gasteiger partial charge in [0.25, 0.3) is 0 Å². The van der Waals surface area contributed by atoms with Crippen LogP contribution in [0.15, 0.2) is 36.4 Å². The molecule has 0 atom stereocenters. The van der Waals surface area contributed by atoms with E-state index in [0.29, 0.717) is 13.0 Å². The van der Waals surface area contributed by atoms with Crippen molar-refractivity contribution in [1.82, 2.24) is 5.32 Å². The molecule has 0 fully saturated rings. The van der Waals surface area contributed by atoms with E-state index in [1.807, 2.05) is 36.4 Å². The summed E-state index contributed by atoms with van der Waals surface area (Å²) in [7, 11) is 0. The van der Waals surface area contributed by atoms with Gasteiger partial charge < -0.3 is 5.32 Å². The smallest absolute Gasteiger partial charge is 0.216 e. The summed E-state index contributed by atoms with van der Waals surface area (Å²) in [4.78, 5) is 22.7. The molecule has 2 rings (SSSR count). The minimum Gasteiger partial charge on any atom is -0.356 e. The molecule has 0 aliphatic heterocycles. The van der Waals surface area contributed by atoms with Gasteiger partial charge in [-0.3, -0.25) is 9.59 Å². The van der Waals surface area contributed by atoms with Gasteiger partial charge in [-0.25, -0.2) is 0 Å². The molecule has 0 heterocycles. The first-order valence-corrected chi connectivity index (χ1v) is 6.35. The van der Waals surface area contributed by atoms with E-state index in [4.69, 9.17) is 0 Å². The van der Waals surface area contributed by atoms with Crippen LogP contribution < -0.4 is 5.32 Å². The SMILES string of the molecule is CC(=O)NCCc1c(C(C)=O)ccc2ccccc12. The molecule has 0 radical (unpaired) electrons. The number of amides is 1. The Morgan fingerprint density at radius 2 is 1.79 bits per heavy atom. The molecular formula is C16H17NO2. The predicted octanol–water partition coefficient (Wildman–Crippen LogP) is 2.72. The van der Waals surface area contributed by atoms with Crippen LogP contribution in [0, 0.1) is 0 Å². The Hall–Kier alpha value is -2.16. The van der Waals surface area contributed by atoms with Crippen LogP contribution in [0.25, 0.3) is 10.8 Å². The molecule has 19 heavy (non-hydrogen) atoms. The van der Waals surface area contributed by atoms with Crippen molar-refractivity contribution in [2.45, 2.75) is 20.3 Å². The number of rotatable bonds is 4. The molecule has 3 heteroatoms. The topological polar surface area (TPSA) is 46.2 Å². The fourth-order valence-corrected chi connectivity index (χ4v) is 2.30. The molecule has 2 aromatic carbocycles. The van der Waals surface area contributed by atoms with Gasteiger partial charge in [-0.2, -0.15) is 0 Å². The lowest BCUT2D eigenvalue weighted by atomic mass is 9.94. The maximum Gasteiger partial charge on any atom is 0.216 e. The van der Waals surface area contributed by atoms with Gasteiger partial charge in [-0.1, -0.05) is 36.4 Å². The lowest BCUT2D eigenvalue weighted by molar-refractivity contribution is -0.118. The van der Waals surface area contributed by atoms with E-state index in [1.54, 1.807) is 6.92 Å². The third-order valence-corrected chi connectivity index (χ3v) is 3.17. The normalized spacial score (nSPS) is 10.4. The van der Waals surface area contributed by atoms with E-state index in [2.05, 4.69) is 5.32 Å². The number of ketones is 1. The summed E-state index contributed by atoms with van der Waals surface area (Å²) in [5.74, 6) is 0.00758. The fourth-order valence-electron chi connectivity index (χ4n) is 2.30. The molecule has 1 amide bonds. The lowest BCUT2D eigenvalue weighted by Crippen LogP contribution is -2.23. The van der Waals surface area contributed by atoms with Crippen LogP contribution in [0.4, 0.5) is 0 Å². The molecule has 0 aromatic heterocycles. The van der Waals surface area contributed by atoms with E-state index in [0.717, 1.165) is 21.9 Å². The zero-order chi connectivity index (χ0) is 13.8. The van der Waals surface area contributed by atoms with Gasteiger partial charge in [0.2, 0.25) is 5.91 Å². The minimum absolute atomic E-state index is 0.0513. The number of hydrogen-bond donors (Lipinski definition) is 1. The summed E-state index contributed by atoms with van der Waals surface area (Å²) < 4.78 is 0. The van der Waals surface area contributed by atoms with Crippen LogP contribution in [0.1, 0.15) is 29.8 Å². The van der Waals surface area contributed by atoms with Crippen molar-refractivity contribution in [2.24, 2.45) is 0 Å². The molecule has 0 aliphatic carbocycles. The van der Waals surface area contributed by atoms with E-state index in [9.17, 15) is 9.59 Å². The average molecular weight is 255 g/mol. The monoisotopic (exact) mass is 255 g/mol. The maximum absolute atomic E-state index is 11.7. The highest BCUT2D eigenvalue weighted by Gasteiger charge is 2.10. The summed E-state index contributed by atoms with van der Waals surface area (Å²) in [5, 5.41) is 4.97. The van der Waals surface area contributed by atoms with E-state index in [-0.39, 0.29) is 11.7 Å². The van der Waals surface area contributed by atoms with Crippen LogP contribution in [0.2, 0.25) is 0 Å². The third kappa shape index (κ3) is 2.99. The fraction of sp³-hybridized carbons (Fsp3) is 0.250. The number of benzene rings is 2. The standard InChI is InChI=1S/C16H17NO2/c1-11(18)14-8-7-13-5-3-4-6-15(13)16(14)9-10-17-12(2)19/h3-8H,9-10H2,1-2H3,(H,17,19). The molecule has 0 aliphatic rings. The maximum atomic E-state index is 11.7. The zero-order valence-corrected chi connectivity index (χ0v) is 11.2. The van der Waals surface area contributed by atoms with Crippen molar-refractivity contribution < 1.29 is 9.59 Å². The molecule has 0 unspecified atom stereocenters. The summed E-state index contributed by atoms with van der Waals surface area (Å²) in [6, 6.07) is 11.8. The molecule has 1 N–H and O–H groups in total. The Morgan fingerprint density at radius 3 is 2.47 bits per heavy atom. The van der Waals surface area contributed by atoms with Gasteiger partial charge in [0, 0.05) is 19.0 Å². The van der Waals surface area contributed by atoms with Gasteiger partial charge in [0.05, 0.1) is 0 Å². The third-order valence-electron chi connectivity index (χ3n) is 3.17. The van der Waals surface area contributed by atoms with Crippen LogP contribution in [0.5, 0.6) is 0 Å². The Morgan fingerprint density at radius 1 is 1.05 bits per heavy atom. The second-order valence-electron chi connectivity index (χ2n) is 4.60. The zero-order valence-electron chi connectivity index (χ0n) is 11.2. The largest absolute Gasteiger partial charge is 0.356 e. The van der Waals surface area contributed by atoms with Crippen LogP contribution in [-0.2, 0) is 11.2 Å². The molecule has 2 aromatic rings. The molecule has 0 spiro atoms. The average Bonchev–Trinajstić information content (AvgIpc) is 2.38. The summed E-state index contributed by atoms with van der Waals surface area (Å²) >= 11 is 0. The van der Waals surface area contributed by atoms with Gasteiger partial charge >= 0.3 is 0 Å². The van der Waals surface area contributed by atoms with Crippen molar-refractivity contribution in [3.05, 3.63) is 47.5 Å². The lowest BCUT2D eigenvalue weighted by Gasteiger charge is -2.11. The first kappa shape index (κ1) is 13.3. The Labute approximate surface area is 112 Å². The number of hydrogen-bond acceptors (Lipinski definition) is 2. The number of carbonyl (C=O) groups excluding carboxylic acids is 2. The molecule has 98 valence electrons. The van der Waals surface area contributed by atoms with Crippen LogP contribution in [-0.4, -0.2) is 18.2 Å². The molecule has 0 bridgehead atoms. The Kier molecular flexibility index (Phi) is 3.95. The predicted molar refractivity (Wildman–Crippen MR) is 76.3 cm³/mol. The minimum atomic E-state index is -0.0513. The van der Waals surface area contributed by atoms with Crippen molar-refractivity contribution in [1.29, 1.82) is 0 Å². The van der Waals surface area contributed by atoms with Crippen LogP contribution >= 0.6 is 0 Å². The number of Topliss-reactive ketones (excluding diaryl/α,β-unsaturated/α-hetero) is 1. The molecule has 3 nitrogen and oxygen atoms in total. The highest BCUT2D eigenvalue weighted by Crippen LogP contribution is 2.23. The van der Waals surface area contributed by atoms with Gasteiger partial charge in [-0.05, 0) is 29.7 Å². The number of carbonyl (C=O) groups is 2. The summed E-state index contributed by atoms with van der Waals surface area (Å²) in [6.45, 7) is 3.62. The van der Waals surface area contributed by atoms with Gasteiger partial charge in [-0.15, -0.1) is 0 Å². The molecular weight excluding hydrogens is 238 g/mol. The van der Waals surface area contributed by atoms with E-state index >= 15 is 0 Å². The first-order chi connectivity index (χ1) is 9.09. The molecule has 0 saturated heterocycles. The Balaban J connectivity index is 2.43. The Bertz CT molecular complexity index is 632. The number of fused-ring (bicyclic) bond motifs is 1. The first-order valence-electron chi connectivity index (χ1n) is 6.35. The highest BCUT2D eigenvalue weighted by molar-refractivity contribution is 6.01. The van der Waals surface area contributed by atoms with Gasteiger partial charge in [0.15, 0.2) is 5.78 Å². The van der Waals surface area contributed by atoms with Crippen molar-refractivity contribution in [3.63, 3.8) is 0 Å². The van der Waals surface area contributed by atoms with Crippen molar-refractivity contribution >= 4 is 22.5 Å². The summed E-state index contributed by atoms with van der Waals surface area (Å²) in [6.07, 6.45) is 0.663. The second-order valence-corrected chi connectivity index (χ2v) is 4.60. The van der Waals surface area contributed by atoms with Crippen LogP contribution in [0.3, 0.4) is 0 Å².